The minimum absolute atomic E-state index is 0.0542. The van der Waals surface area contributed by atoms with Gasteiger partial charge in [0.05, 0.1) is 6.04 Å². The largest absolute Gasteiger partial charge is 0.327 e. The van der Waals surface area contributed by atoms with Crippen LogP contribution in [0.1, 0.15) is 53.1 Å². The molecule has 7 heteroatoms. The summed E-state index contributed by atoms with van der Waals surface area (Å²) >= 11 is 0. The lowest BCUT2D eigenvalue weighted by atomic mass is 10.0. The summed E-state index contributed by atoms with van der Waals surface area (Å²) in [5.74, 6) is 1.41. The highest BCUT2D eigenvalue weighted by Gasteiger charge is 2.32. The standard InChI is InChI=1S/C13H18N6O/c1-8-7-10(17-15-8)13(20)19-6-4-3-5-11(19)12-14-9(2)16-18-12/h7,11H,3-6H2,1-2H3,(H,15,17)(H,14,16,18)/t11-/m0/s1. The van der Waals surface area contributed by atoms with E-state index < -0.39 is 0 Å². The van der Waals surface area contributed by atoms with E-state index in [1.165, 1.54) is 0 Å². The summed E-state index contributed by atoms with van der Waals surface area (Å²) < 4.78 is 0. The quantitative estimate of drug-likeness (QED) is 0.868. The molecule has 106 valence electrons. The van der Waals surface area contributed by atoms with Gasteiger partial charge in [-0.15, -0.1) is 0 Å². The summed E-state index contributed by atoms with van der Waals surface area (Å²) in [6.45, 7) is 4.47. The molecule has 20 heavy (non-hydrogen) atoms. The van der Waals surface area contributed by atoms with Crippen molar-refractivity contribution in [1.82, 2.24) is 30.3 Å². The van der Waals surface area contributed by atoms with Gasteiger partial charge in [0.2, 0.25) is 0 Å². The number of nitrogens with one attached hydrogen (secondary N) is 2. The van der Waals surface area contributed by atoms with E-state index in [-0.39, 0.29) is 11.9 Å². The number of H-pyrrole nitrogens is 2. The minimum Gasteiger partial charge on any atom is -0.327 e. The lowest BCUT2D eigenvalue weighted by Gasteiger charge is -2.33. The number of aromatic amines is 2. The lowest BCUT2D eigenvalue weighted by molar-refractivity contribution is 0.0594. The maximum Gasteiger partial charge on any atom is 0.274 e. The molecule has 1 aliphatic rings. The van der Waals surface area contributed by atoms with Crippen LogP contribution in [0.4, 0.5) is 0 Å². The second-order valence-electron chi connectivity index (χ2n) is 5.23. The van der Waals surface area contributed by atoms with E-state index in [1.807, 2.05) is 18.7 Å². The Morgan fingerprint density at radius 1 is 1.30 bits per heavy atom. The third-order valence-corrected chi connectivity index (χ3v) is 3.60. The van der Waals surface area contributed by atoms with Gasteiger partial charge < -0.3 is 4.90 Å². The van der Waals surface area contributed by atoms with E-state index in [1.54, 1.807) is 6.07 Å². The highest BCUT2D eigenvalue weighted by Crippen LogP contribution is 2.29. The van der Waals surface area contributed by atoms with Gasteiger partial charge in [-0.2, -0.15) is 10.2 Å². The monoisotopic (exact) mass is 274 g/mol. The Labute approximate surface area is 116 Å². The van der Waals surface area contributed by atoms with Crippen molar-refractivity contribution in [1.29, 1.82) is 0 Å². The van der Waals surface area contributed by atoms with E-state index in [0.717, 1.165) is 37.3 Å². The summed E-state index contributed by atoms with van der Waals surface area (Å²) in [5, 5.41) is 13.9. The molecule has 1 aliphatic heterocycles. The molecule has 1 amide bonds. The molecular formula is C13H18N6O. The summed E-state index contributed by atoms with van der Waals surface area (Å²) in [5.41, 5.74) is 1.34. The lowest BCUT2D eigenvalue weighted by Crippen LogP contribution is -2.39. The number of hydrogen-bond acceptors (Lipinski definition) is 4. The van der Waals surface area contributed by atoms with Gasteiger partial charge in [-0.1, -0.05) is 0 Å². The Morgan fingerprint density at radius 3 is 2.80 bits per heavy atom. The van der Waals surface area contributed by atoms with Crippen molar-refractivity contribution in [3.63, 3.8) is 0 Å². The number of amides is 1. The first kappa shape index (κ1) is 12.8. The summed E-state index contributed by atoms with van der Waals surface area (Å²) in [6, 6.07) is 1.72. The molecule has 0 unspecified atom stereocenters. The fraction of sp³-hybridized carbons (Fsp3) is 0.538. The predicted octanol–water partition coefficient (Wildman–Crippen LogP) is 1.51. The molecule has 0 aromatic carbocycles. The fourth-order valence-electron chi connectivity index (χ4n) is 2.63. The average molecular weight is 274 g/mol. The van der Waals surface area contributed by atoms with Crippen LogP contribution in [-0.4, -0.2) is 42.7 Å². The zero-order valence-electron chi connectivity index (χ0n) is 11.7. The average Bonchev–Trinajstić information content (AvgIpc) is 3.07. The normalized spacial score (nSPS) is 19.3. The number of aromatic nitrogens is 5. The van der Waals surface area contributed by atoms with Gasteiger partial charge in [-0.25, -0.2) is 4.98 Å². The summed E-state index contributed by atoms with van der Waals surface area (Å²) in [6.07, 6.45) is 2.99. The van der Waals surface area contributed by atoms with Gasteiger partial charge in [-0.05, 0) is 39.2 Å². The van der Waals surface area contributed by atoms with Crippen LogP contribution in [0.2, 0.25) is 0 Å². The van der Waals surface area contributed by atoms with Gasteiger partial charge in [-0.3, -0.25) is 15.0 Å². The molecule has 1 atom stereocenters. The number of rotatable bonds is 2. The van der Waals surface area contributed by atoms with Gasteiger partial charge in [0, 0.05) is 12.2 Å². The van der Waals surface area contributed by atoms with Crippen molar-refractivity contribution in [2.45, 2.75) is 39.2 Å². The molecule has 2 aromatic heterocycles. The van der Waals surface area contributed by atoms with E-state index in [4.69, 9.17) is 0 Å². The molecule has 1 fully saturated rings. The second-order valence-corrected chi connectivity index (χ2v) is 5.23. The molecule has 3 rings (SSSR count). The first-order chi connectivity index (χ1) is 9.65. The highest BCUT2D eigenvalue weighted by molar-refractivity contribution is 5.92. The van der Waals surface area contributed by atoms with Crippen LogP contribution in [0, 0.1) is 13.8 Å². The number of carbonyl (C=O) groups excluding carboxylic acids is 1. The molecular weight excluding hydrogens is 256 g/mol. The number of piperidine rings is 1. The van der Waals surface area contributed by atoms with Crippen molar-refractivity contribution in [2.75, 3.05) is 6.54 Å². The van der Waals surface area contributed by atoms with Crippen LogP contribution in [0.3, 0.4) is 0 Å². The van der Waals surface area contributed by atoms with Crippen molar-refractivity contribution in [3.05, 3.63) is 29.1 Å². The summed E-state index contributed by atoms with van der Waals surface area (Å²) in [7, 11) is 0. The number of likely N-dealkylation sites (tertiary alicyclic amines) is 1. The molecule has 3 heterocycles. The molecule has 1 saturated heterocycles. The highest BCUT2D eigenvalue weighted by atomic mass is 16.2. The van der Waals surface area contributed by atoms with Gasteiger partial charge in [0.15, 0.2) is 5.82 Å². The Morgan fingerprint density at radius 2 is 2.15 bits per heavy atom. The zero-order chi connectivity index (χ0) is 14.1. The van der Waals surface area contributed by atoms with E-state index in [2.05, 4.69) is 25.4 Å². The molecule has 0 aliphatic carbocycles. The predicted molar refractivity (Wildman–Crippen MR) is 72.1 cm³/mol. The molecule has 0 radical (unpaired) electrons. The smallest absolute Gasteiger partial charge is 0.274 e. The van der Waals surface area contributed by atoms with Crippen LogP contribution < -0.4 is 0 Å². The molecule has 2 N–H and O–H groups in total. The molecule has 0 bridgehead atoms. The van der Waals surface area contributed by atoms with Crippen LogP contribution >= 0.6 is 0 Å². The van der Waals surface area contributed by atoms with Crippen LogP contribution in [0.5, 0.6) is 0 Å². The Balaban J connectivity index is 1.87. The molecule has 7 nitrogen and oxygen atoms in total. The Bertz CT molecular complexity index is 616. The second kappa shape index (κ2) is 5.07. The van der Waals surface area contributed by atoms with E-state index >= 15 is 0 Å². The number of nitrogens with zero attached hydrogens (tertiary/aromatic N) is 4. The zero-order valence-corrected chi connectivity index (χ0v) is 11.7. The van der Waals surface area contributed by atoms with Crippen molar-refractivity contribution < 1.29 is 4.79 Å². The number of carbonyl (C=O) groups is 1. The minimum atomic E-state index is -0.0572. The van der Waals surface area contributed by atoms with Crippen LogP contribution in [0.25, 0.3) is 0 Å². The number of hydrogen-bond donors (Lipinski definition) is 2. The van der Waals surface area contributed by atoms with Crippen molar-refractivity contribution in [3.8, 4) is 0 Å². The topological polar surface area (TPSA) is 90.6 Å². The first-order valence-corrected chi connectivity index (χ1v) is 6.87. The molecule has 0 saturated carbocycles. The van der Waals surface area contributed by atoms with E-state index in [0.29, 0.717) is 11.5 Å². The summed E-state index contributed by atoms with van der Waals surface area (Å²) in [4.78, 5) is 18.8. The number of aryl methyl sites for hydroxylation is 2. The van der Waals surface area contributed by atoms with Crippen molar-refractivity contribution in [2.24, 2.45) is 0 Å². The van der Waals surface area contributed by atoms with Gasteiger partial charge in [0.25, 0.3) is 5.91 Å². The van der Waals surface area contributed by atoms with Gasteiger partial charge in [0.1, 0.15) is 11.5 Å². The SMILES string of the molecule is Cc1cc(C(=O)N2CCCC[C@H]2c2n[nH]c(C)n2)n[nH]1. The van der Waals surface area contributed by atoms with Crippen molar-refractivity contribution >= 4 is 5.91 Å². The first-order valence-electron chi connectivity index (χ1n) is 6.87. The Hall–Kier alpha value is -2.18. The molecule has 2 aromatic rings. The third kappa shape index (κ3) is 2.31. The van der Waals surface area contributed by atoms with Crippen LogP contribution in [-0.2, 0) is 0 Å². The maximum atomic E-state index is 12.6. The fourth-order valence-corrected chi connectivity index (χ4v) is 2.63. The van der Waals surface area contributed by atoms with E-state index in [9.17, 15) is 4.79 Å². The third-order valence-electron chi connectivity index (χ3n) is 3.60. The van der Waals surface area contributed by atoms with Crippen LogP contribution in [0.15, 0.2) is 6.07 Å². The Kier molecular flexibility index (Phi) is 3.25. The molecule has 0 spiro atoms. The van der Waals surface area contributed by atoms with Gasteiger partial charge >= 0.3 is 0 Å². The maximum absolute atomic E-state index is 12.6.